The summed E-state index contributed by atoms with van der Waals surface area (Å²) in [6, 6.07) is 0. The van der Waals surface area contributed by atoms with Crippen LogP contribution in [0.3, 0.4) is 0 Å². The van der Waals surface area contributed by atoms with Gasteiger partial charge in [0.15, 0.2) is 30.9 Å². The number of alkyl halides is 7. The minimum Gasteiger partial charge on any atom is -0.285 e. The van der Waals surface area contributed by atoms with E-state index >= 15 is 0 Å². The minimum absolute atomic E-state index is 1.90. The van der Waals surface area contributed by atoms with Gasteiger partial charge in [-0.1, -0.05) is 0 Å². The molecule has 0 aliphatic heterocycles. The first-order chi connectivity index (χ1) is 7.97. The highest BCUT2D eigenvalue weighted by Gasteiger charge is 2.44. The van der Waals surface area contributed by atoms with Gasteiger partial charge in [-0.05, 0) is 0 Å². The van der Waals surface area contributed by atoms with Crippen molar-refractivity contribution in [2.45, 2.75) is 37.3 Å². The smallest absolute Gasteiger partial charge is 0.272 e. The Kier molecular flexibility index (Phi) is 6.34. The van der Waals surface area contributed by atoms with E-state index in [9.17, 15) is 39.2 Å². The van der Waals surface area contributed by atoms with Crippen LogP contribution >= 0.6 is 0 Å². The Morgan fingerprint density at radius 2 is 1.17 bits per heavy atom. The molecule has 5 atom stereocenters. The molecule has 18 heavy (non-hydrogen) atoms. The molecule has 0 fully saturated rings. The molecule has 0 aliphatic rings. The van der Waals surface area contributed by atoms with Gasteiger partial charge in [0.2, 0.25) is 0 Å². The molecular formula is C7H9F7O3S. The number of halogens is 7. The van der Waals surface area contributed by atoms with Gasteiger partial charge >= 0.3 is 0 Å². The molecule has 11 heteroatoms. The van der Waals surface area contributed by atoms with Gasteiger partial charge in [-0.15, -0.1) is 0 Å². The Morgan fingerprint density at radius 1 is 0.778 bits per heavy atom. The Bertz CT molecular complexity index is 349. The molecule has 0 saturated heterocycles. The second kappa shape index (κ2) is 6.55. The summed E-state index contributed by atoms with van der Waals surface area (Å²) >= 11 is 0. The van der Waals surface area contributed by atoms with Crippen LogP contribution in [-0.2, 0) is 10.1 Å². The van der Waals surface area contributed by atoms with E-state index in [4.69, 9.17) is 4.55 Å². The second-order valence-electron chi connectivity index (χ2n) is 3.38. The molecular weight excluding hydrogens is 297 g/mol. The average Bonchev–Trinajstić information content (AvgIpc) is 2.22. The summed E-state index contributed by atoms with van der Waals surface area (Å²) in [7, 11) is -5.01. The van der Waals surface area contributed by atoms with Crippen LogP contribution in [0.4, 0.5) is 30.7 Å². The van der Waals surface area contributed by atoms with Crippen molar-refractivity contribution in [2.24, 2.45) is 0 Å². The van der Waals surface area contributed by atoms with Crippen molar-refractivity contribution in [3.63, 3.8) is 0 Å². The molecule has 0 radical (unpaired) electrons. The van der Waals surface area contributed by atoms with Gasteiger partial charge in [-0.3, -0.25) is 4.55 Å². The Hall–Kier alpha value is -0.580. The van der Waals surface area contributed by atoms with Gasteiger partial charge in [0, 0.05) is 0 Å². The van der Waals surface area contributed by atoms with Crippen LogP contribution < -0.4 is 0 Å². The van der Waals surface area contributed by atoms with E-state index in [1.165, 1.54) is 0 Å². The average molecular weight is 306 g/mol. The number of hydrogen-bond acceptors (Lipinski definition) is 2. The lowest BCUT2D eigenvalue weighted by Crippen LogP contribution is -2.43. The molecule has 0 rings (SSSR count). The van der Waals surface area contributed by atoms with Crippen LogP contribution in [0.15, 0.2) is 0 Å². The van der Waals surface area contributed by atoms with E-state index in [0.29, 0.717) is 0 Å². The zero-order chi connectivity index (χ0) is 14.7. The van der Waals surface area contributed by atoms with Gasteiger partial charge in [-0.25, -0.2) is 30.7 Å². The number of hydrogen-bond donors (Lipinski definition) is 1. The fraction of sp³-hybridized carbons (Fsp3) is 1.00. The Morgan fingerprint density at radius 3 is 1.50 bits per heavy atom. The minimum atomic E-state index is -5.01. The van der Waals surface area contributed by atoms with Crippen molar-refractivity contribution in [2.75, 3.05) is 5.75 Å². The fourth-order valence-electron chi connectivity index (χ4n) is 0.983. The molecule has 0 amide bonds. The first-order valence-corrected chi connectivity index (χ1v) is 6.02. The van der Waals surface area contributed by atoms with E-state index in [0.717, 1.165) is 0 Å². The summed E-state index contributed by atoms with van der Waals surface area (Å²) in [5.74, 6) is -1.90. The molecule has 5 unspecified atom stereocenters. The fourth-order valence-corrected chi connectivity index (χ4v) is 1.57. The number of rotatable bonds is 7. The zero-order valence-corrected chi connectivity index (χ0v) is 9.31. The molecule has 3 nitrogen and oxygen atoms in total. The van der Waals surface area contributed by atoms with Gasteiger partial charge < -0.3 is 0 Å². The summed E-state index contributed by atoms with van der Waals surface area (Å²) in [5, 5.41) is 0. The SMILES string of the molecule is O=S(=O)(O)CC(F)C(F)C(F)C(F)C(F)C(F)F. The van der Waals surface area contributed by atoms with E-state index in [1.807, 2.05) is 0 Å². The maximum atomic E-state index is 12.8. The van der Waals surface area contributed by atoms with Crippen LogP contribution in [0.1, 0.15) is 0 Å². The summed E-state index contributed by atoms with van der Waals surface area (Å²) in [6.45, 7) is 0. The van der Waals surface area contributed by atoms with E-state index in [1.54, 1.807) is 0 Å². The lowest BCUT2D eigenvalue weighted by atomic mass is 10.1. The third-order valence-corrected chi connectivity index (χ3v) is 2.61. The summed E-state index contributed by atoms with van der Waals surface area (Å²) in [6.07, 6.45) is -21.6. The van der Waals surface area contributed by atoms with Crippen LogP contribution in [0, 0.1) is 0 Å². The molecule has 0 heterocycles. The van der Waals surface area contributed by atoms with Crippen molar-refractivity contribution in [3.05, 3.63) is 0 Å². The summed E-state index contributed by atoms with van der Waals surface area (Å²) in [5.41, 5.74) is 0. The van der Waals surface area contributed by atoms with Crippen molar-refractivity contribution in [1.29, 1.82) is 0 Å². The second-order valence-corrected chi connectivity index (χ2v) is 4.87. The maximum absolute atomic E-state index is 12.8. The van der Waals surface area contributed by atoms with E-state index in [-0.39, 0.29) is 0 Å². The molecule has 0 aromatic rings. The monoisotopic (exact) mass is 306 g/mol. The molecule has 0 spiro atoms. The predicted octanol–water partition coefficient (Wildman–Crippen LogP) is 1.83. The van der Waals surface area contributed by atoms with Crippen molar-refractivity contribution in [3.8, 4) is 0 Å². The summed E-state index contributed by atoms with van der Waals surface area (Å²) < 4.78 is 115. The van der Waals surface area contributed by atoms with E-state index in [2.05, 4.69) is 0 Å². The van der Waals surface area contributed by atoms with Gasteiger partial charge in [0.25, 0.3) is 16.5 Å². The predicted molar refractivity (Wildman–Crippen MR) is 46.9 cm³/mol. The van der Waals surface area contributed by atoms with Crippen LogP contribution in [0.2, 0.25) is 0 Å². The molecule has 0 bridgehead atoms. The Labute approximate surface area is 97.7 Å². The maximum Gasteiger partial charge on any atom is 0.272 e. The molecule has 0 aromatic heterocycles. The van der Waals surface area contributed by atoms with Crippen molar-refractivity contribution in [1.82, 2.24) is 0 Å². The highest BCUT2D eigenvalue weighted by atomic mass is 32.2. The zero-order valence-electron chi connectivity index (χ0n) is 8.49. The molecule has 1 N–H and O–H groups in total. The standard InChI is InChI=1S/C7H9F7O3S/c8-2(1-18(15,16)17)3(9)4(10)5(11)6(12)7(13)14/h2-7H,1H2,(H,15,16,17). The summed E-state index contributed by atoms with van der Waals surface area (Å²) in [4.78, 5) is 0. The first-order valence-electron chi connectivity index (χ1n) is 4.41. The van der Waals surface area contributed by atoms with Gasteiger partial charge in [0.05, 0.1) is 0 Å². The molecule has 0 saturated carbocycles. The third-order valence-electron chi connectivity index (χ3n) is 1.87. The van der Waals surface area contributed by atoms with Crippen molar-refractivity contribution >= 4 is 10.1 Å². The van der Waals surface area contributed by atoms with Crippen LogP contribution in [-0.4, -0.2) is 56.0 Å². The molecule has 110 valence electrons. The molecule has 0 aromatic carbocycles. The van der Waals surface area contributed by atoms with Gasteiger partial charge in [-0.2, -0.15) is 8.42 Å². The highest BCUT2D eigenvalue weighted by Crippen LogP contribution is 2.24. The van der Waals surface area contributed by atoms with Crippen LogP contribution in [0.5, 0.6) is 0 Å². The molecule has 0 aliphatic carbocycles. The quantitative estimate of drug-likeness (QED) is 0.577. The van der Waals surface area contributed by atoms with E-state index < -0.39 is 53.2 Å². The van der Waals surface area contributed by atoms with Gasteiger partial charge in [0.1, 0.15) is 5.75 Å². The third kappa shape index (κ3) is 5.38. The topological polar surface area (TPSA) is 54.4 Å². The Balaban J connectivity index is 4.63. The lowest BCUT2D eigenvalue weighted by molar-refractivity contribution is -0.0492. The van der Waals surface area contributed by atoms with Crippen molar-refractivity contribution < 1.29 is 43.7 Å². The largest absolute Gasteiger partial charge is 0.285 e. The first kappa shape index (κ1) is 17.4. The lowest BCUT2D eigenvalue weighted by Gasteiger charge is -2.21. The van der Waals surface area contributed by atoms with Crippen LogP contribution in [0.25, 0.3) is 0 Å². The normalized spacial score (nSPS) is 21.4. The highest BCUT2D eigenvalue weighted by molar-refractivity contribution is 7.85.